The molecule has 6 nitrogen and oxygen atoms in total. The molecule has 1 fully saturated rings. The first-order valence-corrected chi connectivity index (χ1v) is 9.87. The lowest BCUT2D eigenvalue weighted by Crippen LogP contribution is -2.45. The molecule has 2 N–H and O–H groups in total. The van der Waals surface area contributed by atoms with E-state index in [9.17, 15) is 14.7 Å². The molecule has 28 heavy (non-hydrogen) atoms. The van der Waals surface area contributed by atoms with Crippen LogP contribution in [0.5, 0.6) is 0 Å². The summed E-state index contributed by atoms with van der Waals surface area (Å²) in [6.07, 6.45) is 3.45. The second kappa shape index (κ2) is 7.95. The van der Waals surface area contributed by atoms with Crippen molar-refractivity contribution in [3.05, 3.63) is 46.3 Å². The Bertz CT molecular complexity index is 888. The molecule has 0 aliphatic heterocycles. The molecule has 3 rings (SSSR count). The molecule has 1 aliphatic carbocycles. The molecule has 152 valence electrons. The fraction of sp³-hybridized carbons (Fsp3) is 0.545. The van der Waals surface area contributed by atoms with Gasteiger partial charge in [0.15, 0.2) is 0 Å². The summed E-state index contributed by atoms with van der Waals surface area (Å²) in [7, 11) is 0. The molecule has 1 aromatic heterocycles. The third-order valence-electron chi connectivity index (χ3n) is 5.23. The van der Waals surface area contributed by atoms with Crippen LogP contribution in [0.1, 0.15) is 58.4 Å². The summed E-state index contributed by atoms with van der Waals surface area (Å²) in [5.41, 5.74) is -0.139. The van der Waals surface area contributed by atoms with E-state index in [-0.39, 0.29) is 11.7 Å². The Hall–Kier alpha value is -2.34. The van der Waals surface area contributed by atoms with Crippen molar-refractivity contribution in [3.63, 3.8) is 0 Å². The number of carbonyl (C=O) groups is 1. The Morgan fingerprint density at radius 2 is 1.96 bits per heavy atom. The van der Waals surface area contributed by atoms with Gasteiger partial charge >= 0.3 is 11.7 Å². The van der Waals surface area contributed by atoms with Crippen LogP contribution in [0.4, 0.5) is 4.79 Å². The minimum absolute atomic E-state index is 0.0192. The zero-order valence-electron chi connectivity index (χ0n) is 16.8. The van der Waals surface area contributed by atoms with Gasteiger partial charge in [0, 0.05) is 17.5 Å². The Kier molecular flexibility index (Phi) is 5.79. The van der Waals surface area contributed by atoms with Crippen molar-refractivity contribution in [1.29, 1.82) is 0 Å². The molecule has 1 aromatic carbocycles. The van der Waals surface area contributed by atoms with Gasteiger partial charge in [-0.1, -0.05) is 18.2 Å². The Morgan fingerprint density at radius 3 is 2.64 bits per heavy atom. The monoisotopic (exact) mass is 387 g/mol. The standard InChI is InChI=1S/C22H29NO5/c1-21(2,3)28-20(25)23-17-10-13-22(26,14-11-17)12-9-16-6-4-5-15-7-8-18(24)27-19(15)16/h4-8,17,26H,9-14H2,1-3H3,(H,23,25). The van der Waals surface area contributed by atoms with Crippen LogP contribution in [-0.2, 0) is 11.2 Å². The zero-order chi connectivity index (χ0) is 20.4. The Labute approximate surface area is 164 Å². The summed E-state index contributed by atoms with van der Waals surface area (Å²) in [6, 6.07) is 8.97. The number of ether oxygens (including phenoxy) is 1. The highest BCUT2D eigenvalue weighted by atomic mass is 16.6. The van der Waals surface area contributed by atoms with Crippen LogP contribution in [0.3, 0.4) is 0 Å². The fourth-order valence-corrected chi connectivity index (χ4v) is 3.74. The summed E-state index contributed by atoms with van der Waals surface area (Å²) in [6.45, 7) is 5.50. The molecule has 0 bridgehead atoms. The molecule has 1 aliphatic rings. The highest BCUT2D eigenvalue weighted by Crippen LogP contribution is 2.33. The Morgan fingerprint density at radius 1 is 1.25 bits per heavy atom. The molecule has 0 atom stereocenters. The number of hydrogen-bond donors (Lipinski definition) is 2. The topological polar surface area (TPSA) is 88.8 Å². The third-order valence-corrected chi connectivity index (χ3v) is 5.23. The van der Waals surface area contributed by atoms with Crippen molar-refractivity contribution in [2.45, 2.75) is 76.5 Å². The van der Waals surface area contributed by atoms with E-state index in [4.69, 9.17) is 9.15 Å². The summed E-state index contributed by atoms with van der Waals surface area (Å²) >= 11 is 0. The number of fused-ring (bicyclic) bond motifs is 1. The van der Waals surface area contributed by atoms with E-state index in [2.05, 4.69) is 5.32 Å². The number of alkyl carbamates (subject to hydrolysis) is 1. The van der Waals surface area contributed by atoms with Crippen molar-refractivity contribution < 1.29 is 19.1 Å². The van der Waals surface area contributed by atoms with Crippen molar-refractivity contribution in [3.8, 4) is 0 Å². The Balaban J connectivity index is 1.56. The number of nitrogens with one attached hydrogen (secondary N) is 1. The third kappa shape index (κ3) is 5.35. The lowest BCUT2D eigenvalue weighted by atomic mass is 9.79. The van der Waals surface area contributed by atoms with Gasteiger partial charge < -0.3 is 19.6 Å². The van der Waals surface area contributed by atoms with Gasteiger partial charge in [0.05, 0.1) is 5.60 Å². The van der Waals surface area contributed by atoms with Gasteiger partial charge in [0.25, 0.3) is 0 Å². The van der Waals surface area contributed by atoms with Gasteiger partial charge in [-0.2, -0.15) is 0 Å². The van der Waals surface area contributed by atoms with Gasteiger partial charge in [-0.3, -0.25) is 0 Å². The molecule has 0 spiro atoms. The van der Waals surface area contributed by atoms with Crippen LogP contribution >= 0.6 is 0 Å². The van der Waals surface area contributed by atoms with E-state index in [0.29, 0.717) is 44.1 Å². The number of para-hydroxylation sites is 1. The van der Waals surface area contributed by atoms with Gasteiger partial charge in [-0.05, 0) is 70.9 Å². The number of aliphatic hydroxyl groups is 1. The van der Waals surface area contributed by atoms with Crippen molar-refractivity contribution in [2.75, 3.05) is 0 Å². The molecule has 2 aromatic rings. The quantitative estimate of drug-likeness (QED) is 0.776. The highest BCUT2D eigenvalue weighted by molar-refractivity contribution is 5.79. The van der Waals surface area contributed by atoms with Gasteiger partial charge in [-0.15, -0.1) is 0 Å². The van der Waals surface area contributed by atoms with E-state index in [1.807, 2.05) is 39.0 Å². The van der Waals surface area contributed by atoms with E-state index in [0.717, 1.165) is 10.9 Å². The lowest BCUT2D eigenvalue weighted by molar-refractivity contribution is -0.0128. The maximum atomic E-state index is 11.9. The van der Waals surface area contributed by atoms with E-state index in [1.165, 1.54) is 6.07 Å². The van der Waals surface area contributed by atoms with Crippen LogP contribution in [0, 0.1) is 0 Å². The molecule has 1 amide bonds. The average molecular weight is 387 g/mol. The van der Waals surface area contributed by atoms with E-state index >= 15 is 0 Å². The molecular weight excluding hydrogens is 358 g/mol. The van der Waals surface area contributed by atoms with Crippen LogP contribution in [-0.4, -0.2) is 28.4 Å². The summed E-state index contributed by atoms with van der Waals surface area (Å²) in [5.74, 6) is 0. The molecule has 0 unspecified atom stereocenters. The maximum absolute atomic E-state index is 11.9. The smallest absolute Gasteiger partial charge is 0.407 e. The van der Waals surface area contributed by atoms with Crippen molar-refractivity contribution in [2.24, 2.45) is 0 Å². The van der Waals surface area contributed by atoms with E-state index in [1.54, 1.807) is 6.07 Å². The van der Waals surface area contributed by atoms with Gasteiger partial charge in [0.2, 0.25) is 0 Å². The van der Waals surface area contributed by atoms with E-state index < -0.39 is 17.3 Å². The number of aryl methyl sites for hydroxylation is 1. The molecular formula is C22H29NO5. The first kappa shape index (κ1) is 20.4. The molecule has 0 radical (unpaired) electrons. The van der Waals surface area contributed by atoms with Crippen LogP contribution in [0.25, 0.3) is 11.0 Å². The van der Waals surface area contributed by atoms with Gasteiger partial charge in [-0.25, -0.2) is 9.59 Å². The molecule has 0 saturated heterocycles. The number of hydrogen-bond acceptors (Lipinski definition) is 5. The SMILES string of the molecule is CC(C)(C)OC(=O)NC1CCC(O)(CCc2cccc3ccc(=O)oc23)CC1. The average Bonchev–Trinajstić information content (AvgIpc) is 2.61. The first-order chi connectivity index (χ1) is 13.1. The first-order valence-electron chi connectivity index (χ1n) is 9.87. The largest absolute Gasteiger partial charge is 0.444 e. The fourth-order valence-electron chi connectivity index (χ4n) is 3.74. The van der Waals surface area contributed by atoms with Gasteiger partial charge in [0.1, 0.15) is 11.2 Å². The predicted octanol–water partition coefficient (Wildman–Crippen LogP) is 3.92. The number of benzene rings is 1. The van der Waals surface area contributed by atoms with Crippen LogP contribution in [0.2, 0.25) is 0 Å². The normalized spacial score (nSPS) is 22.8. The number of rotatable bonds is 4. The second-order valence-corrected chi connectivity index (χ2v) is 8.73. The molecule has 1 saturated carbocycles. The van der Waals surface area contributed by atoms with Crippen molar-refractivity contribution >= 4 is 17.1 Å². The molecule has 1 heterocycles. The molecule has 6 heteroatoms. The second-order valence-electron chi connectivity index (χ2n) is 8.73. The summed E-state index contributed by atoms with van der Waals surface area (Å²) < 4.78 is 10.7. The highest BCUT2D eigenvalue weighted by Gasteiger charge is 2.34. The van der Waals surface area contributed by atoms with Crippen molar-refractivity contribution in [1.82, 2.24) is 5.32 Å². The summed E-state index contributed by atoms with van der Waals surface area (Å²) in [4.78, 5) is 23.5. The zero-order valence-corrected chi connectivity index (χ0v) is 16.8. The maximum Gasteiger partial charge on any atom is 0.407 e. The van der Waals surface area contributed by atoms with Crippen LogP contribution in [0.15, 0.2) is 39.5 Å². The summed E-state index contributed by atoms with van der Waals surface area (Å²) in [5, 5.41) is 14.7. The lowest BCUT2D eigenvalue weighted by Gasteiger charge is -2.36. The van der Waals surface area contributed by atoms with Crippen LogP contribution < -0.4 is 10.9 Å². The number of carbonyl (C=O) groups excluding carboxylic acids is 1. The minimum Gasteiger partial charge on any atom is -0.444 e. The number of amides is 1. The predicted molar refractivity (Wildman–Crippen MR) is 107 cm³/mol. The minimum atomic E-state index is -0.774.